The third-order valence-electron chi connectivity index (χ3n) is 6.54. The SMILES string of the molecule is CC(C)C(N)CCN(C)C(=O)C1C2CC3CC(C2)CC1C3. The fraction of sp³-hybridized carbons (Fsp3) is 0.944. The van der Waals surface area contributed by atoms with Crippen molar-refractivity contribution in [1.29, 1.82) is 0 Å². The monoisotopic (exact) mass is 292 g/mol. The zero-order chi connectivity index (χ0) is 15.1. The molecule has 0 aromatic heterocycles. The summed E-state index contributed by atoms with van der Waals surface area (Å²) in [6.45, 7) is 5.13. The Hall–Kier alpha value is -0.570. The van der Waals surface area contributed by atoms with Crippen LogP contribution in [0.4, 0.5) is 0 Å². The normalized spacial score (nSPS) is 38.8. The quantitative estimate of drug-likeness (QED) is 0.847. The maximum absolute atomic E-state index is 12.9. The molecule has 3 nitrogen and oxygen atoms in total. The highest BCUT2D eigenvalue weighted by molar-refractivity contribution is 5.79. The number of nitrogens with zero attached hydrogens (tertiary/aromatic N) is 1. The first-order valence-corrected chi connectivity index (χ1v) is 8.96. The van der Waals surface area contributed by atoms with E-state index < -0.39 is 0 Å². The highest BCUT2D eigenvalue weighted by Crippen LogP contribution is 2.56. The Labute approximate surface area is 129 Å². The van der Waals surface area contributed by atoms with E-state index in [-0.39, 0.29) is 6.04 Å². The summed E-state index contributed by atoms with van der Waals surface area (Å²) in [5.41, 5.74) is 6.12. The lowest BCUT2D eigenvalue weighted by Crippen LogP contribution is -2.51. The van der Waals surface area contributed by atoms with Gasteiger partial charge in [-0.05, 0) is 68.1 Å². The van der Waals surface area contributed by atoms with E-state index >= 15 is 0 Å². The molecule has 21 heavy (non-hydrogen) atoms. The van der Waals surface area contributed by atoms with Crippen LogP contribution in [0.25, 0.3) is 0 Å². The van der Waals surface area contributed by atoms with Gasteiger partial charge in [-0.1, -0.05) is 13.8 Å². The predicted octanol–water partition coefficient (Wildman–Crippen LogP) is 2.89. The van der Waals surface area contributed by atoms with E-state index in [1.165, 1.54) is 32.1 Å². The summed E-state index contributed by atoms with van der Waals surface area (Å²) in [7, 11) is 1.99. The minimum absolute atomic E-state index is 0.207. The summed E-state index contributed by atoms with van der Waals surface area (Å²) in [5, 5.41) is 0. The fourth-order valence-electron chi connectivity index (χ4n) is 5.37. The van der Waals surface area contributed by atoms with Crippen molar-refractivity contribution in [2.45, 2.75) is 58.4 Å². The number of carbonyl (C=O) groups excluding carboxylic acids is 1. The van der Waals surface area contributed by atoms with Gasteiger partial charge in [0, 0.05) is 25.6 Å². The molecule has 0 heterocycles. The van der Waals surface area contributed by atoms with Crippen LogP contribution in [-0.2, 0) is 4.79 Å². The van der Waals surface area contributed by atoms with Gasteiger partial charge < -0.3 is 10.6 Å². The molecule has 4 fully saturated rings. The molecule has 4 aliphatic rings. The summed E-state index contributed by atoms with van der Waals surface area (Å²) in [6, 6.07) is 0.207. The largest absolute Gasteiger partial charge is 0.345 e. The van der Waals surface area contributed by atoms with Crippen LogP contribution >= 0.6 is 0 Å². The highest BCUT2D eigenvalue weighted by Gasteiger charge is 2.51. The minimum atomic E-state index is 0.207. The number of carbonyl (C=O) groups is 1. The van der Waals surface area contributed by atoms with Gasteiger partial charge in [0.15, 0.2) is 0 Å². The topological polar surface area (TPSA) is 46.3 Å². The molecule has 0 aromatic rings. The van der Waals surface area contributed by atoms with Gasteiger partial charge in [0.1, 0.15) is 0 Å². The van der Waals surface area contributed by atoms with Crippen LogP contribution in [0, 0.1) is 35.5 Å². The average Bonchev–Trinajstić information content (AvgIpc) is 2.42. The average molecular weight is 292 g/mol. The Kier molecular flexibility index (Phi) is 4.31. The van der Waals surface area contributed by atoms with Crippen LogP contribution < -0.4 is 5.73 Å². The number of hydrogen-bond donors (Lipinski definition) is 1. The fourth-order valence-corrected chi connectivity index (χ4v) is 5.37. The molecule has 3 heteroatoms. The van der Waals surface area contributed by atoms with Crippen molar-refractivity contribution >= 4 is 5.91 Å². The molecular formula is C18H32N2O. The van der Waals surface area contributed by atoms with Gasteiger partial charge in [-0.15, -0.1) is 0 Å². The van der Waals surface area contributed by atoms with E-state index in [0.29, 0.717) is 29.6 Å². The van der Waals surface area contributed by atoms with Crippen molar-refractivity contribution in [2.75, 3.05) is 13.6 Å². The molecule has 1 amide bonds. The molecule has 2 N–H and O–H groups in total. The van der Waals surface area contributed by atoms with Crippen molar-refractivity contribution < 1.29 is 4.79 Å². The van der Waals surface area contributed by atoms with Crippen molar-refractivity contribution in [2.24, 2.45) is 41.2 Å². The first-order chi connectivity index (χ1) is 9.95. The van der Waals surface area contributed by atoms with E-state index in [2.05, 4.69) is 13.8 Å². The Bertz CT molecular complexity index is 365. The summed E-state index contributed by atoms with van der Waals surface area (Å²) in [4.78, 5) is 14.9. The van der Waals surface area contributed by atoms with E-state index in [1.54, 1.807) is 0 Å². The lowest BCUT2D eigenvalue weighted by atomic mass is 9.51. The number of nitrogens with two attached hydrogens (primary N) is 1. The third-order valence-corrected chi connectivity index (χ3v) is 6.54. The number of hydrogen-bond acceptors (Lipinski definition) is 2. The van der Waals surface area contributed by atoms with Gasteiger partial charge in [-0.2, -0.15) is 0 Å². The maximum atomic E-state index is 12.9. The molecule has 1 unspecified atom stereocenters. The van der Waals surface area contributed by atoms with E-state index in [4.69, 9.17) is 5.73 Å². The molecule has 4 bridgehead atoms. The first kappa shape index (κ1) is 15.3. The lowest BCUT2D eigenvalue weighted by Gasteiger charge is -2.54. The van der Waals surface area contributed by atoms with Crippen LogP contribution in [0.15, 0.2) is 0 Å². The van der Waals surface area contributed by atoms with Gasteiger partial charge in [0.25, 0.3) is 0 Å². The zero-order valence-corrected chi connectivity index (χ0v) is 13.9. The summed E-state index contributed by atoms with van der Waals surface area (Å²) in [5.74, 6) is 4.50. The van der Waals surface area contributed by atoms with Gasteiger partial charge in [-0.3, -0.25) is 4.79 Å². The van der Waals surface area contributed by atoms with E-state index in [1.807, 2.05) is 11.9 Å². The minimum Gasteiger partial charge on any atom is -0.345 e. The molecular weight excluding hydrogens is 260 g/mol. The predicted molar refractivity (Wildman–Crippen MR) is 85.6 cm³/mol. The zero-order valence-electron chi connectivity index (χ0n) is 13.9. The number of amides is 1. The summed E-state index contributed by atoms with van der Waals surface area (Å²) in [6.07, 6.45) is 7.66. The van der Waals surface area contributed by atoms with Crippen molar-refractivity contribution in [3.8, 4) is 0 Å². The van der Waals surface area contributed by atoms with E-state index in [0.717, 1.165) is 24.8 Å². The molecule has 0 aromatic carbocycles. The Morgan fingerprint density at radius 3 is 2.10 bits per heavy atom. The third kappa shape index (κ3) is 2.99. The molecule has 120 valence electrons. The smallest absolute Gasteiger partial charge is 0.225 e. The Morgan fingerprint density at radius 1 is 1.10 bits per heavy atom. The maximum Gasteiger partial charge on any atom is 0.225 e. The molecule has 1 atom stereocenters. The van der Waals surface area contributed by atoms with Crippen molar-refractivity contribution in [3.05, 3.63) is 0 Å². The van der Waals surface area contributed by atoms with E-state index in [9.17, 15) is 4.79 Å². The second-order valence-corrected chi connectivity index (χ2v) is 8.41. The molecule has 0 radical (unpaired) electrons. The van der Waals surface area contributed by atoms with Crippen molar-refractivity contribution in [3.63, 3.8) is 0 Å². The van der Waals surface area contributed by atoms with Crippen LogP contribution in [0.5, 0.6) is 0 Å². The second kappa shape index (κ2) is 5.91. The van der Waals surface area contributed by atoms with Gasteiger partial charge in [0.05, 0.1) is 0 Å². The molecule has 4 rings (SSSR count). The van der Waals surface area contributed by atoms with Crippen LogP contribution in [0.1, 0.15) is 52.4 Å². The standard InChI is InChI=1S/C18H32N2O/c1-11(2)16(19)4-5-20(3)18(21)17-14-7-12-6-13(9-14)10-15(17)8-12/h11-17H,4-10,19H2,1-3H3. The van der Waals surface area contributed by atoms with Crippen LogP contribution in [0.2, 0.25) is 0 Å². The molecule has 0 aliphatic heterocycles. The molecule has 0 spiro atoms. The lowest BCUT2D eigenvalue weighted by molar-refractivity contribution is -0.147. The Balaban J connectivity index is 1.57. The molecule has 4 saturated carbocycles. The summed E-state index contributed by atoms with van der Waals surface area (Å²) >= 11 is 0. The second-order valence-electron chi connectivity index (χ2n) is 8.41. The molecule has 4 aliphatic carbocycles. The molecule has 0 saturated heterocycles. The highest BCUT2D eigenvalue weighted by atomic mass is 16.2. The number of rotatable bonds is 5. The first-order valence-electron chi connectivity index (χ1n) is 8.96. The Morgan fingerprint density at radius 2 is 1.62 bits per heavy atom. The van der Waals surface area contributed by atoms with Crippen molar-refractivity contribution in [1.82, 2.24) is 4.90 Å². The summed E-state index contributed by atoms with van der Waals surface area (Å²) < 4.78 is 0. The van der Waals surface area contributed by atoms with Gasteiger partial charge >= 0.3 is 0 Å². The van der Waals surface area contributed by atoms with Gasteiger partial charge in [-0.25, -0.2) is 0 Å². The van der Waals surface area contributed by atoms with Gasteiger partial charge in [0.2, 0.25) is 5.91 Å². The van der Waals surface area contributed by atoms with Crippen LogP contribution in [0.3, 0.4) is 0 Å². The van der Waals surface area contributed by atoms with Crippen LogP contribution in [-0.4, -0.2) is 30.4 Å².